The lowest BCUT2D eigenvalue weighted by molar-refractivity contribution is 0.386. The van der Waals surface area contributed by atoms with Crippen LogP contribution in [0.4, 0.5) is 0 Å². The molecule has 0 spiro atoms. The van der Waals surface area contributed by atoms with Gasteiger partial charge in [0.1, 0.15) is 16.4 Å². The molecule has 2 rings (SSSR count). The van der Waals surface area contributed by atoms with Gasteiger partial charge in [-0.15, -0.1) is 0 Å². The lowest BCUT2D eigenvalue weighted by atomic mass is 10.1. The topological polar surface area (TPSA) is 64.6 Å². The minimum atomic E-state index is -3.64. The largest absolute Gasteiger partial charge is 0.497 e. The van der Waals surface area contributed by atoms with E-state index >= 15 is 0 Å². The maximum atomic E-state index is 12.4. The average molecular weight is 335 g/mol. The molecule has 23 heavy (non-hydrogen) atoms. The van der Waals surface area contributed by atoms with E-state index in [-0.39, 0.29) is 10.6 Å². The van der Waals surface area contributed by atoms with Crippen LogP contribution in [0.15, 0.2) is 47.4 Å². The number of nitrogens with one attached hydrogen (secondary N) is 1. The van der Waals surface area contributed by atoms with Crippen molar-refractivity contribution < 1.29 is 17.9 Å². The normalized spacial score (nSPS) is 11.3. The Morgan fingerprint density at radius 1 is 1.04 bits per heavy atom. The van der Waals surface area contributed by atoms with Gasteiger partial charge in [0.15, 0.2) is 0 Å². The third-order valence-electron chi connectivity index (χ3n) is 3.45. The Hall–Kier alpha value is -2.05. The van der Waals surface area contributed by atoms with E-state index in [2.05, 4.69) is 4.72 Å². The van der Waals surface area contributed by atoms with Crippen LogP contribution in [0.25, 0.3) is 0 Å². The minimum absolute atomic E-state index is 0.102. The van der Waals surface area contributed by atoms with Crippen LogP contribution in [0.3, 0.4) is 0 Å². The minimum Gasteiger partial charge on any atom is -0.497 e. The molecule has 0 aliphatic carbocycles. The van der Waals surface area contributed by atoms with Gasteiger partial charge in [-0.3, -0.25) is 0 Å². The number of hydrogen-bond acceptors (Lipinski definition) is 4. The maximum Gasteiger partial charge on any atom is 0.244 e. The highest BCUT2D eigenvalue weighted by molar-refractivity contribution is 7.89. The van der Waals surface area contributed by atoms with Crippen LogP contribution < -0.4 is 14.2 Å². The molecule has 0 aliphatic rings. The molecule has 0 fully saturated rings. The second kappa shape index (κ2) is 7.48. The molecule has 0 atom stereocenters. The molecule has 1 N–H and O–H groups in total. The highest BCUT2D eigenvalue weighted by Gasteiger charge is 2.19. The number of sulfonamides is 1. The smallest absolute Gasteiger partial charge is 0.244 e. The lowest BCUT2D eigenvalue weighted by Crippen LogP contribution is -2.26. The van der Waals surface area contributed by atoms with Gasteiger partial charge in [-0.1, -0.05) is 29.8 Å². The zero-order valence-corrected chi connectivity index (χ0v) is 14.3. The van der Waals surface area contributed by atoms with E-state index < -0.39 is 10.0 Å². The number of benzene rings is 2. The first-order chi connectivity index (χ1) is 11.0. The fourth-order valence-electron chi connectivity index (χ4n) is 2.27. The van der Waals surface area contributed by atoms with E-state index in [9.17, 15) is 8.42 Å². The summed E-state index contributed by atoms with van der Waals surface area (Å²) in [5.74, 6) is 0.799. The first kappa shape index (κ1) is 17.3. The van der Waals surface area contributed by atoms with Crippen LogP contribution >= 0.6 is 0 Å². The Bertz CT molecular complexity index is 772. The van der Waals surface area contributed by atoms with Gasteiger partial charge in [-0.2, -0.15) is 0 Å². The number of hydrogen-bond donors (Lipinski definition) is 1. The van der Waals surface area contributed by atoms with Crippen molar-refractivity contribution in [3.63, 3.8) is 0 Å². The van der Waals surface area contributed by atoms with E-state index in [0.29, 0.717) is 18.7 Å². The maximum absolute atomic E-state index is 12.4. The first-order valence-electron chi connectivity index (χ1n) is 7.23. The molecule has 0 heterocycles. The Morgan fingerprint density at radius 3 is 2.48 bits per heavy atom. The molecular formula is C17H21NO4S. The van der Waals surface area contributed by atoms with Crippen molar-refractivity contribution in [3.05, 3.63) is 53.6 Å². The second-order valence-electron chi connectivity index (χ2n) is 5.15. The van der Waals surface area contributed by atoms with Crippen LogP contribution in [0.1, 0.15) is 11.1 Å². The predicted octanol–water partition coefficient (Wildman–Crippen LogP) is 2.53. The van der Waals surface area contributed by atoms with E-state index in [1.54, 1.807) is 12.1 Å². The summed E-state index contributed by atoms with van der Waals surface area (Å²) in [5.41, 5.74) is 2.25. The summed E-state index contributed by atoms with van der Waals surface area (Å²) in [6.07, 6.45) is 0.624. The molecule has 0 aliphatic heterocycles. The quantitative estimate of drug-likeness (QED) is 0.844. The van der Waals surface area contributed by atoms with Gasteiger partial charge in [-0.25, -0.2) is 13.1 Å². The van der Waals surface area contributed by atoms with Gasteiger partial charge >= 0.3 is 0 Å². The Morgan fingerprint density at radius 2 is 1.83 bits per heavy atom. The Balaban J connectivity index is 2.10. The van der Waals surface area contributed by atoms with Crippen molar-refractivity contribution in [3.8, 4) is 11.5 Å². The molecule has 2 aromatic rings. The zero-order chi connectivity index (χ0) is 16.9. The molecule has 124 valence electrons. The van der Waals surface area contributed by atoms with Gasteiger partial charge in [0.25, 0.3) is 0 Å². The van der Waals surface area contributed by atoms with Gasteiger partial charge in [0, 0.05) is 12.6 Å². The number of rotatable bonds is 7. The molecule has 0 radical (unpaired) electrons. The first-order valence-corrected chi connectivity index (χ1v) is 8.72. The van der Waals surface area contributed by atoms with Gasteiger partial charge in [0.05, 0.1) is 14.2 Å². The van der Waals surface area contributed by atoms with Crippen LogP contribution in [0.5, 0.6) is 11.5 Å². The molecule has 0 saturated heterocycles. The summed E-state index contributed by atoms with van der Waals surface area (Å²) in [6.45, 7) is 2.33. The van der Waals surface area contributed by atoms with Crippen LogP contribution in [-0.2, 0) is 16.4 Å². The molecule has 2 aromatic carbocycles. The van der Waals surface area contributed by atoms with Gasteiger partial charge < -0.3 is 9.47 Å². The van der Waals surface area contributed by atoms with Crippen molar-refractivity contribution in [1.29, 1.82) is 0 Å². The summed E-state index contributed by atoms with van der Waals surface area (Å²) >= 11 is 0. The van der Waals surface area contributed by atoms with Gasteiger partial charge in [0.2, 0.25) is 10.0 Å². The van der Waals surface area contributed by atoms with Gasteiger partial charge in [-0.05, 0) is 31.0 Å². The van der Waals surface area contributed by atoms with E-state index in [1.807, 2.05) is 31.2 Å². The summed E-state index contributed by atoms with van der Waals surface area (Å²) in [4.78, 5) is 0.102. The zero-order valence-electron chi connectivity index (χ0n) is 13.5. The van der Waals surface area contributed by atoms with E-state index in [0.717, 1.165) is 11.1 Å². The molecule has 0 aromatic heterocycles. The SMILES string of the molecule is COc1ccc(S(=O)(=O)NCCc2cccc(C)c2)c(OC)c1. The summed E-state index contributed by atoms with van der Waals surface area (Å²) in [5, 5.41) is 0. The Kier molecular flexibility index (Phi) is 5.63. The summed E-state index contributed by atoms with van der Waals surface area (Å²) < 4.78 is 37.7. The second-order valence-corrected chi connectivity index (χ2v) is 6.89. The fraction of sp³-hybridized carbons (Fsp3) is 0.294. The van der Waals surface area contributed by atoms with Crippen molar-refractivity contribution >= 4 is 10.0 Å². The molecule has 5 nitrogen and oxygen atoms in total. The number of aryl methyl sites for hydroxylation is 1. The Labute approximate surface area is 137 Å². The molecule has 6 heteroatoms. The van der Waals surface area contributed by atoms with Crippen LogP contribution in [0, 0.1) is 6.92 Å². The standard InChI is InChI=1S/C17H21NO4S/c1-13-5-4-6-14(11-13)9-10-18-23(19,20)17-8-7-15(21-2)12-16(17)22-3/h4-8,11-12,18H,9-10H2,1-3H3. The third kappa shape index (κ3) is 4.46. The highest BCUT2D eigenvalue weighted by atomic mass is 32.2. The van der Waals surface area contributed by atoms with Crippen molar-refractivity contribution in [2.45, 2.75) is 18.2 Å². The van der Waals surface area contributed by atoms with Crippen molar-refractivity contribution in [2.75, 3.05) is 20.8 Å². The third-order valence-corrected chi connectivity index (χ3v) is 4.95. The van der Waals surface area contributed by atoms with Crippen molar-refractivity contribution in [1.82, 2.24) is 4.72 Å². The molecule has 0 bridgehead atoms. The van der Waals surface area contributed by atoms with Crippen LogP contribution in [-0.4, -0.2) is 29.2 Å². The summed E-state index contributed by atoms with van der Waals surface area (Å²) in [6, 6.07) is 12.6. The highest BCUT2D eigenvalue weighted by Crippen LogP contribution is 2.28. The van der Waals surface area contributed by atoms with Crippen LogP contribution in [0.2, 0.25) is 0 Å². The fourth-order valence-corrected chi connectivity index (χ4v) is 3.45. The monoisotopic (exact) mass is 335 g/mol. The van der Waals surface area contributed by atoms with E-state index in [1.165, 1.54) is 20.3 Å². The molecule has 0 saturated carbocycles. The molecule has 0 unspecified atom stereocenters. The van der Waals surface area contributed by atoms with Crippen molar-refractivity contribution in [2.24, 2.45) is 0 Å². The van der Waals surface area contributed by atoms with E-state index in [4.69, 9.17) is 9.47 Å². The molecular weight excluding hydrogens is 314 g/mol. The average Bonchev–Trinajstić information content (AvgIpc) is 2.54. The number of methoxy groups -OCH3 is 2. The molecule has 0 amide bonds. The number of ether oxygens (including phenoxy) is 2. The lowest BCUT2D eigenvalue weighted by Gasteiger charge is -2.12. The summed E-state index contributed by atoms with van der Waals surface area (Å²) in [7, 11) is -0.691. The predicted molar refractivity (Wildman–Crippen MR) is 89.6 cm³/mol.